The van der Waals surface area contributed by atoms with E-state index < -0.39 is 35.9 Å². The van der Waals surface area contributed by atoms with Crippen molar-refractivity contribution in [2.24, 2.45) is 0 Å². The molecule has 2 fully saturated rings. The van der Waals surface area contributed by atoms with E-state index in [2.05, 4.69) is 51.4 Å². The molecular weight excluding hydrogens is 520 g/mol. The van der Waals surface area contributed by atoms with Crippen LogP contribution in [0.25, 0.3) is 11.2 Å². The molecule has 4 heterocycles. The first-order chi connectivity index (χ1) is 20.0. The normalized spacial score (nSPS) is 23.6. The van der Waals surface area contributed by atoms with Crippen molar-refractivity contribution in [3.8, 4) is 0 Å². The summed E-state index contributed by atoms with van der Waals surface area (Å²) in [5.74, 6) is -0.827. The molecule has 9 nitrogen and oxygen atoms in total. The Morgan fingerprint density at radius 2 is 1.41 bits per heavy atom. The lowest BCUT2D eigenvalue weighted by molar-refractivity contribution is -0.204. The Morgan fingerprint density at radius 1 is 0.854 bits per heavy atom. The van der Waals surface area contributed by atoms with Crippen LogP contribution < -0.4 is 5.56 Å². The Kier molecular flexibility index (Phi) is 6.32. The van der Waals surface area contributed by atoms with Crippen LogP contribution in [0, 0.1) is 0 Å². The van der Waals surface area contributed by atoms with Gasteiger partial charge in [0.1, 0.15) is 23.9 Å². The maximum absolute atomic E-state index is 12.3. The molecule has 2 aliphatic heterocycles. The van der Waals surface area contributed by atoms with Crippen LogP contribution in [0.5, 0.6) is 0 Å². The lowest BCUT2D eigenvalue weighted by Gasteiger charge is -2.37. The predicted molar refractivity (Wildman–Crippen MR) is 151 cm³/mol. The van der Waals surface area contributed by atoms with Crippen LogP contribution in [-0.4, -0.2) is 50.2 Å². The second kappa shape index (κ2) is 10.0. The Morgan fingerprint density at radius 3 is 2.00 bits per heavy atom. The van der Waals surface area contributed by atoms with Gasteiger partial charge in [-0.2, -0.15) is 0 Å². The molecule has 0 spiro atoms. The highest BCUT2D eigenvalue weighted by Crippen LogP contribution is 2.46. The van der Waals surface area contributed by atoms with E-state index in [0.29, 0.717) is 5.65 Å². The number of ether oxygens (including phenoxy) is 4. The summed E-state index contributed by atoms with van der Waals surface area (Å²) in [4.78, 5) is 23.6. The number of nitrogens with zero attached hydrogens (tertiary/aromatic N) is 3. The van der Waals surface area contributed by atoms with Gasteiger partial charge in [0.15, 0.2) is 23.2 Å². The van der Waals surface area contributed by atoms with Crippen LogP contribution in [-0.2, 0) is 24.5 Å². The predicted octanol–water partition coefficient (Wildman–Crippen LogP) is 4.55. The average molecular weight is 551 g/mol. The molecule has 3 aromatic carbocycles. The second-order valence-corrected chi connectivity index (χ2v) is 10.8. The number of hydrogen-bond donors (Lipinski definition) is 1. The standard InChI is InChI=1S/C32H30N4O5/c1-31(2)40-26-24(39-30(27(26)41-31)36-20-35-25-28(36)33-19-34-29(25)37)18-38-32(21-12-6-3-7-13-21,22-14-8-4-9-15-22)23-16-10-5-11-17-23/h3-17,19-20,24,26-27,30H,18H2,1-2H3,(H,33,34,37)/t24-,26-,27+,30-/m1/s1. The van der Waals surface area contributed by atoms with Crippen molar-refractivity contribution in [3.63, 3.8) is 0 Å². The summed E-state index contributed by atoms with van der Waals surface area (Å²) in [5, 5.41) is 0. The molecule has 2 saturated heterocycles. The zero-order valence-corrected chi connectivity index (χ0v) is 22.7. The SMILES string of the molecule is CC1(C)O[C@H]2[C@H](O1)[C@@H](COC(c1ccccc1)(c1ccccc1)c1ccccc1)O[C@H]2n1cnc2c(=O)[nH]cnc21. The topological polar surface area (TPSA) is 100 Å². The molecule has 0 bridgehead atoms. The molecule has 0 saturated carbocycles. The van der Waals surface area contributed by atoms with Gasteiger partial charge in [0.25, 0.3) is 5.56 Å². The zero-order chi connectivity index (χ0) is 28.0. The molecule has 9 heteroatoms. The smallest absolute Gasteiger partial charge is 0.278 e. The summed E-state index contributed by atoms with van der Waals surface area (Å²) in [5.41, 5.74) is 2.42. The fourth-order valence-electron chi connectivity index (χ4n) is 6.04. The van der Waals surface area contributed by atoms with Crippen molar-refractivity contribution in [2.75, 3.05) is 6.61 Å². The van der Waals surface area contributed by atoms with Gasteiger partial charge in [0, 0.05) is 0 Å². The molecule has 41 heavy (non-hydrogen) atoms. The number of hydrogen-bond acceptors (Lipinski definition) is 7. The number of nitrogens with one attached hydrogen (secondary N) is 1. The van der Waals surface area contributed by atoms with Crippen molar-refractivity contribution in [1.29, 1.82) is 0 Å². The lowest BCUT2D eigenvalue weighted by Crippen LogP contribution is -2.39. The first-order valence-electron chi connectivity index (χ1n) is 13.7. The van der Waals surface area contributed by atoms with Crippen LogP contribution in [0.1, 0.15) is 36.8 Å². The minimum absolute atomic E-state index is 0.205. The van der Waals surface area contributed by atoms with E-state index in [4.69, 9.17) is 18.9 Å². The van der Waals surface area contributed by atoms with E-state index in [9.17, 15) is 4.79 Å². The van der Waals surface area contributed by atoms with Crippen LogP contribution in [0.3, 0.4) is 0 Å². The van der Waals surface area contributed by atoms with Crippen molar-refractivity contribution in [1.82, 2.24) is 19.5 Å². The summed E-state index contributed by atoms with van der Waals surface area (Å²) >= 11 is 0. The minimum Gasteiger partial charge on any atom is -0.358 e. The molecular formula is C32H30N4O5. The van der Waals surface area contributed by atoms with Gasteiger partial charge in [-0.05, 0) is 30.5 Å². The van der Waals surface area contributed by atoms with Gasteiger partial charge in [0.05, 0.1) is 19.3 Å². The summed E-state index contributed by atoms with van der Waals surface area (Å²) in [6.07, 6.45) is 0.941. The van der Waals surface area contributed by atoms with Crippen molar-refractivity contribution in [2.45, 2.75) is 49.8 Å². The zero-order valence-electron chi connectivity index (χ0n) is 22.7. The van der Waals surface area contributed by atoms with E-state index in [0.717, 1.165) is 16.7 Å². The van der Waals surface area contributed by atoms with Gasteiger partial charge in [0.2, 0.25) is 0 Å². The summed E-state index contributed by atoms with van der Waals surface area (Å²) < 4.78 is 28.1. The highest BCUT2D eigenvalue weighted by atomic mass is 16.8. The molecule has 1 N–H and O–H groups in total. The minimum atomic E-state index is -0.910. The quantitative estimate of drug-likeness (QED) is 0.297. The second-order valence-electron chi connectivity index (χ2n) is 10.8. The molecule has 208 valence electrons. The van der Waals surface area contributed by atoms with Gasteiger partial charge in [-0.15, -0.1) is 0 Å². The maximum atomic E-state index is 12.3. The highest BCUT2D eigenvalue weighted by molar-refractivity contribution is 5.68. The summed E-state index contributed by atoms with van der Waals surface area (Å²) in [6, 6.07) is 30.6. The molecule has 0 amide bonds. The number of fused-ring (bicyclic) bond motifs is 2. The first-order valence-corrected chi connectivity index (χ1v) is 13.7. The molecule has 0 aliphatic carbocycles. The molecule has 7 rings (SSSR count). The number of aromatic nitrogens is 4. The third-order valence-corrected chi connectivity index (χ3v) is 7.77. The number of aromatic amines is 1. The van der Waals surface area contributed by atoms with Crippen molar-refractivity contribution >= 4 is 11.2 Å². The third kappa shape index (κ3) is 4.38. The van der Waals surface area contributed by atoms with E-state index in [1.807, 2.05) is 68.4 Å². The number of benzene rings is 3. The number of imidazole rings is 1. The van der Waals surface area contributed by atoms with Crippen LogP contribution in [0.4, 0.5) is 0 Å². The third-order valence-electron chi connectivity index (χ3n) is 7.77. The Balaban J connectivity index is 1.29. The Hall–Kier alpha value is -4.15. The fraction of sp³-hybridized carbons (Fsp3) is 0.281. The van der Waals surface area contributed by atoms with E-state index in [1.54, 1.807) is 10.9 Å². The number of rotatable bonds is 7. The summed E-state index contributed by atoms with van der Waals surface area (Å²) in [7, 11) is 0. The molecule has 4 atom stereocenters. The van der Waals surface area contributed by atoms with Gasteiger partial charge in [-0.25, -0.2) is 9.97 Å². The van der Waals surface area contributed by atoms with Gasteiger partial charge in [-0.1, -0.05) is 91.0 Å². The molecule has 0 unspecified atom stereocenters. The molecule has 5 aromatic rings. The van der Waals surface area contributed by atoms with Gasteiger partial charge in [-0.3, -0.25) is 9.36 Å². The van der Waals surface area contributed by atoms with E-state index in [-0.39, 0.29) is 17.7 Å². The average Bonchev–Trinajstić information content (AvgIpc) is 3.67. The largest absolute Gasteiger partial charge is 0.358 e. The van der Waals surface area contributed by atoms with Crippen LogP contribution in [0.15, 0.2) is 108 Å². The van der Waals surface area contributed by atoms with Crippen LogP contribution >= 0.6 is 0 Å². The van der Waals surface area contributed by atoms with E-state index in [1.165, 1.54) is 6.33 Å². The number of H-pyrrole nitrogens is 1. The first kappa shape index (κ1) is 25.8. The summed E-state index contributed by atoms with van der Waals surface area (Å²) in [6.45, 7) is 3.98. The maximum Gasteiger partial charge on any atom is 0.278 e. The van der Waals surface area contributed by atoms with Gasteiger partial charge >= 0.3 is 0 Å². The van der Waals surface area contributed by atoms with Crippen molar-refractivity contribution < 1.29 is 18.9 Å². The lowest BCUT2D eigenvalue weighted by atomic mass is 9.80. The van der Waals surface area contributed by atoms with E-state index >= 15 is 0 Å². The van der Waals surface area contributed by atoms with Gasteiger partial charge < -0.3 is 23.9 Å². The Labute approximate surface area is 236 Å². The highest BCUT2D eigenvalue weighted by Gasteiger charge is 2.57. The molecule has 2 aliphatic rings. The molecule has 0 radical (unpaired) electrons. The Bertz CT molecular complexity index is 1610. The molecule has 2 aromatic heterocycles. The van der Waals surface area contributed by atoms with Crippen LogP contribution in [0.2, 0.25) is 0 Å². The monoisotopic (exact) mass is 550 g/mol. The van der Waals surface area contributed by atoms with Crippen molar-refractivity contribution in [3.05, 3.63) is 131 Å². The fourth-order valence-corrected chi connectivity index (χ4v) is 6.04.